The van der Waals surface area contributed by atoms with Crippen LogP contribution in [0.1, 0.15) is 52.5 Å². The van der Waals surface area contributed by atoms with Crippen LogP contribution >= 0.6 is 33.2 Å². The zero-order chi connectivity index (χ0) is 44.1. The van der Waals surface area contributed by atoms with Gasteiger partial charge < -0.3 is 38.6 Å². The number of hydrogen-bond donors (Lipinski definition) is 2. The van der Waals surface area contributed by atoms with Gasteiger partial charge in [-0.05, 0) is 61.7 Å². The number of likely N-dealkylation sites (N-methyl/N-ethyl adjacent to an activating group) is 1. The molecule has 1 aromatic heterocycles. The maximum absolute atomic E-state index is 14.2. The van der Waals surface area contributed by atoms with E-state index in [2.05, 4.69) is 10.3 Å². The van der Waals surface area contributed by atoms with Crippen LogP contribution < -0.4 is 15.0 Å². The predicted molar refractivity (Wildman–Crippen MR) is 225 cm³/mol. The number of fused-ring (bicyclic) bond motifs is 5. The highest BCUT2D eigenvalue weighted by Gasteiger charge is 2.64. The smallest absolute Gasteiger partial charge is 0.409 e. The van der Waals surface area contributed by atoms with Crippen molar-refractivity contribution in [3.63, 3.8) is 0 Å². The van der Waals surface area contributed by atoms with Gasteiger partial charge in [-0.25, -0.2) is 14.6 Å². The van der Waals surface area contributed by atoms with Gasteiger partial charge in [-0.2, -0.15) is 0 Å². The Morgan fingerprint density at radius 3 is 2.65 bits per heavy atom. The number of esters is 1. The molecule has 3 aliphatic heterocycles. The van der Waals surface area contributed by atoms with Crippen molar-refractivity contribution < 1.29 is 52.9 Å². The van der Waals surface area contributed by atoms with E-state index in [9.17, 15) is 34.4 Å². The van der Waals surface area contributed by atoms with E-state index < -0.39 is 70.6 Å². The molecule has 1 unspecified atom stereocenters. The second kappa shape index (κ2) is 19.5. The Morgan fingerprint density at radius 2 is 2.00 bits per heavy atom. The quantitative estimate of drug-likeness (QED) is 0.0697. The fourth-order valence-corrected chi connectivity index (χ4v) is 9.31. The average molecular weight is 892 g/mol. The summed E-state index contributed by atoms with van der Waals surface area (Å²) < 4.78 is 29.3. The van der Waals surface area contributed by atoms with E-state index in [-0.39, 0.29) is 35.9 Å². The molecular weight excluding hydrogens is 842 g/mol. The molecule has 0 aliphatic carbocycles. The van der Waals surface area contributed by atoms with E-state index in [0.29, 0.717) is 28.6 Å². The van der Waals surface area contributed by atoms with Gasteiger partial charge in [-0.3, -0.25) is 25.0 Å². The normalized spacial score (nSPS) is 28.8. The van der Waals surface area contributed by atoms with Crippen LogP contribution in [-0.4, -0.2) is 120 Å². The molecule has 1 aromatic carbocycles. The minimum atomic E-state index is -1.86. The summed E-state index contributed by atoms with van der Waals surface area (Å²) in [6.07, 6.45) is 1.82. The summed E-state index contributed by atoms with van der Waals surface area (Å²) in [7, 11) is 8.50. The number of aliphatic hydroxyl groups is 1. The Bertz CT molecular complexity index is 2020. The molecule has 60 heavy (non-hydrogen) atoms. The summed E-state index contributed by atoms with van der Waals surface area (Å²) >= 11 is 6.77. The van der Waals surface area contributed by atoms with E-state index in [4.69, 9.17) is 35.3 Å². The number of hydrogen-bond acceptors (Lipinski definition) is 15. The first-order chi connectivity index (χ1) is 28.3. The van der Waals surface area contributed by atoms with Crippen molar-refractivity contribution in [2.45, 2.75) is 100 Å². The number of epoxide rings is 1. The van der Waals surface area contributed by atoms with Gasteiger partial charge in [0.15, 0.2) is 5.72 Å². The number of nitro groups is 1. The van der Waals surface area contributed by atoms with E-state index >= 15 is 0 Å². The van der Waals surface area contributed by atoms with Crippen molar-refractivity contribution in [1.82, 2.24) is 15.2 Å². The molecule has 2 N–H and O–H groups in total. The highest BCUT2D eigenvalue weighted by Crippen LogP contribution is 2.49. The third kappa shape index (κ3) is 10.7. The molecule has 2 saturated heterocycles. The summed E-state index contributed by atoms with van der Waals surface area (Å²) in [4.78, 5) is 71.3. The van der Waals surface area contributed by atoms with Crippen molar-refractivity contribution in [1.29, 1.82) is 0 Å². The van der Waals surface area contributed by atoms with Crippen LogP contribution in [0, 0.1) is 16.0 Å². The maximum Gasteiger partial charge on any atom is 0.409 e. The standard InChI is InChI=1S/C40H50ClN5O12S2/c1-22-10-9-11-30(55-8)40(51)20-29(56-38(50)43-40)23(2)36-39(4,58-36)31(19-34(48)45(6)27-17-25(16-22)18-28(54-7)35(27)41)57-37(49)24(3)44(5)33(47)14-15-59-60-32-13-12-26(21-42-32)46(52)53/h9-13,17-18,21,23-24,29-31,36,51H,14-16,19-20H2,1-8H3,(H,43,50)/b11-9+,22-10+/t23-,24+,29+,30-,31+,36?,39+,40+/m1/s1. The van der Waals surface area contributed by atoms with Gasteiger partial charge in [0.25, 0.3) is 5.69 Å². The van der Waals surface area contributed by atoms with Gasteiger partial charge in [0.05, 0.1) is 30.2 Å². The number of nitrogens with zero attached hydrogens (tertiary/aromatic N) is 4. The summed E-state index contributed by atoms with van der Waals surface area (Å²) in [5.41, 5.74) is -1.20. The van der Waals surface area contributed by atoms with Crippen molar-refractivity contribution in [3.8, 4) is 5.75 Å². The van der Waals surface area contributed by atoms with E-state index in [0.717, 1.165) is 17.3 Å². The lowest BCUT2D eigenvalue weighted by molar-refractivity contribution is -0.385. The van der Waals surface area contributed by atoms with Crippen LogP contribution in [0.25, 0.3) is 0 Å². The number of aromatic nitrogens is 1. The van der Waals surface area contributed by atoms with Crippen LogP contribution in [-0.2, 0) is 39.8 Å². The lowest BCUT2D eigenvalue weighted by atomic mass is 9.83. The Labute approximate surface area is 361 Å². The topological polar surface area (TPSA) is 212 Å². The zero-order valence-electron chi connectivity index (χ0n) is 34.5. The summed E-state index contributed by atoms with van der Waals surface area (Å²) in [6, 6.07) is 5.34. The first kappa shape index (κ1) is 46.7. The fraction of sp³-hybridized carbons (Fsp3) is 0.525. The van der Waals surface area contributed by atoms with Crippen molar-refractivity contribution in [3.05, 3.63) is 75.0 Å². The Hall–Kier alpha value is -4.40. The second-order valence-corrected chi connectivity index (χ2v) is 18.0. The number of alkyl carbamates (subject to hydrolysis) is 1. The lowest BCUT2D eigenvalue weighted by Crippen LogP contribution is -2.63. The number of ether oxygens (including phenoxy) is 5. The van der Waals surface area contributed by atoms with Crippen LogP contribution in [0.2, 0.25) is 5.02 Å². The number of amides is 3. The summed E-state index contributed by atoms with van der Waals surface area (Å²) in [6.45, 7) is 6.89. The Balaban J connectivity index is 1.39. The van der Waals surface area contributed by atoms with Crippen molar-refractivity contribution in [2.24, 2.45) is 5.92 Å². The number of anilines is 1. The van der Waals surface area contributed by atoms with Gasteiger partial charge in [0.2, 0.25) is 11.8 Å². The number of halogens is 1. The molecule has 4 bridgehead atoms. The van der Waals surface area contributed by atoms with Gasteiger partial charge in [-0.15, -0.1) is 0 Å². The number of pyridine rings is 1. The third-order valence-electron chi connectivity index (χ3n) is 11.0. The molecule has 0 spiro atoms. The molecule has 0 radical (unpaired) electrons. The zero-order valence-corrected chi connectivity index (χ0v) is 36.9. The number of carbonyl (C=O) groups is 4. The molecule has 2 fully saturated rings. The number of carbonyl (C=O) groups excluding carboxylic acids is 4. The van der Waals surface area contributed by atoms with Gasteiger partial charge >= 0.3 is 12.1 Å². The predicted octanol–water partition coefficient (Wildman–Crippen LogP) is 5.65. The van der Waals surface area contributed by atoms with Crippen LogP contribution in [0.15, 0.2) is 59.3 Å². The van der Waals surface area contributed by atoms with Crippen LogP contribution in [0.3, 0.4) is 0 Å². The molecule has 326 valence electrons. The summed E-state index contributed by atoms with van der Waals surface area (Å²) in [5, 5.41) is 25.9. The Kier molecular flexibility index (Phi) is 15.2. The second-order valence-electron chi connectivity index (χ2n) is 15.2. The van der Waals surface area contributed by atoms with Crippen LogP contribution in [0.4, 0.5) is 16.2 Å². The van der Waals surface area contributed by atoms with Crippen LogP contribution in [0.5, 0.6) is 5.75 Å². The molecule has 4 heterocycles. The minimum absolute atomic E-state index is 0.0610. The Morgan fingerprint density at radius 1 is 1.27 bits per heavy atom. The fourth-order valence-electron chi connectivity index (χ4n) is 7.16. The van der Waals surface area contributed by atoms with Crippen molar-refractivity contribution in [2.75, 3.05) is 39.0 Å². The molecule has 17 nitrogen and oxygen atoms in total. The lowest BCUT2D eigenvalue weighted by Gasteiger charge is -2.42. The highest BCUT2D eigenvalue weighted by molar-refractivity contribution is 8.76. The molecule has 3 aliphatic rings. The minimum Gasteiger partial charge on any atom is -0.495 e. The molecular formula is C40H50ClN5O12S2. The number of rotatable bonds is 11. The van der Waals surface area contributed by atoms with Crippen molar-refractivity contribution >= 4 is 68.4 Å². The number of allylic oxidation sites excluding steroid dienone is 3. The van der Waals surface area contributed by atoms with E-state index in [1.54, 1.807) is 45.2 Å². The molecule has 8 atom stereocenters. The average Bonchev–Trinajstić information content (AvgIpc) is 3.91. The monoisotopic (exact) mass is 891 g/mol. The SMILES string of the molecule is COc1cc2cc(c1Cl)N(C)C(=O)C[C@H](OC(=O)[C@H](C)N(C)C(=O)CCSSc1ccc([N+](=O)[O-])cn1)[C@]1(C)OC1[C@H](C)[C@@H]1C[C@@](O)(NC(=O)O1)[C@H](OC)/C=C/C=C(\C)C2. The molecule has 3 amide bonds. The largest absolute Gasteiger partial charge is 0.495 e. The van der Waals surface area contributed by atoms with E-state index in [1.807, 2.05) is 13.0 Å². The molecule has 0 saturated carbocycles. The maximum atomic E-state index is 14.2. The molecule has 2 aromatic rings. The van der Waals surface area contributed by atoms with Gasteiger partial charge in [0.1, 0.15) is 51.9 Å². The first-order valence-corrected chi connectivity index (χ1v) is 21.8. The van der Waals surface area contributed by atoms with E-state index in [1.165, 1.54) is 71.7 Å². The highest BCUT2D eigenvalue weighted by atomic mass is 35.5. The number of nitrogens with one attached hydrogen (secondary N) is 1. The third-order valence-corrected chi connectivity index (χ3v) is 13.6. The number of methoxy groups -OCH3 is 2. The van der Waals surface area contributed by atoms with Gasteiger partial charge in [-0.1, -0.05) is 53.1 Å². The number of benzene rings is 1. The van der Waals surface area contributed by atoms with Gasteiger partial charge in [0, 0.05) is 51.8 Å². The molecule has 5 rings (SSSR count). The first-order valence-electron chi connectivity index (χ1n) is 19.1. The summed E-state index contributed by atoms with van der Waals surface area (Å²) in [5.74, 6) is -1.47. The molecule has 20 heteroatoms.